The van der Waals surface area contributed by atoms with Crippen molar-refractivity contribution in [2.45, 2.75) is 39.7 Å². The van der Waals surface area contributed by atoms with E-state index in [1.54, 1.807) is 7.11 Å². The van der Waals surface area contributed by atoms with E-state index in [-0.39, 0.29) is 12.0 Å². The summed E-state index contributed by atoms with van der Waals surface area (Å²) in [5.74, 6) is 0.408. The third-order valence-corrected chi connectivity index (χ3v) is 5.16. The number of carbonyl (C=O) groups excluding carboxylic acids is 1. The highest BCUT2D eigenvalue weighted by molar-refractivity contribution is 5.94. The molecule has 4 heteroatoms. The molecule has 1 aliphatic heterocycles. The Morgan fingerprint density at radius 1 is 1.19 bits per heavy atom. The number of carbonyl (C=O) groups is 1. The molecule has 0 radical (unpaired) electrons. The van der Waals surface area contributed by atoms with Gasteiger partial charge in [0.05, 0.1) is 6.10 Å². The first-order valence-corrected chi connectivity index (χ1v) is 9.29. The predicted molar refractivity (Wildman–Crippen MR) is 103 cm³/mol. The molecular weight excluding hydrogens is 324 g/mol. The van der Waals surface area contributed by atoms with Crippen LogP contribution in [0.3, 0.4) is 0 Å². The number of hydrogen-bond donors (Lipinski definition) is 0. The average Bonchev–Trinajstić information content (AvgIpc) is 2.60. The summed E-state index contributed by atoms with van der Waals surface area (Å²) in [7, 11) is 1.78. The Labute approximate surface area is 156 Å². The van der Waals surface area contributed by atoms with Gasteiger partial charge in [0.25, 0.3) is 5.91 Å². The predicted octanol–water partition coefficient (Wildman–Crippen LogP) is 3.73. The first-order chi connectivity index (χ1) is 12.5. The molecule has 1 aromatic carbocycles. The van der Waals surface area contributed by atoms with Crippen LogP contribution in [0.1, 0.15) is 39.3 Å². The van der Waals surface area contributed by atoms with Gasteiger partial charge in [0.1, 0.15) is 0 Å². The van der Waals surface area contributed by atoms with Crippen LogP contribution in [0.25, 0.3) is 0 Å². The zero-order valence-corrected chi connectivity index (χ0v) is 16.2. The van der Waals surface area contributed by atoms with Gasteiger partial charge in [0.2, 0.25) is 0 Å². The summed E-state index contributed by atoms with van der Waals surface area (Å²) in [6, 6.07) is 12.4. The molecule has 0 bridgehead atoms. The van der Waals surface area contributed by atoms with Gasteiger partial charge >= 0.3 is 0 Å². The van der Waals surface area contributed by atoms with Crippen LogP contribution in [0.5, 0.6) is 0 Å². The fourth-order valence-electron chi connectivity index (χ4n) is 3.98. The number of ether oxygens (including phenoxy) is 1. The van der Waals surface area contributed by atoms with Crippen LogP contribution in [-0.2, 0) is 11.2 Å². The van der Waals surface area contributed by atoms with Crippen molar-refractivity contribution in [3.63, 3.8) is 0 Å². The van der Waals surface area contributed by atoms with E-state index in [1.807, 2.05) is 30.9 Å². The van der Waals surface area contributed by atoms with Gasteiger partial charge in [-0.1, -0.05) is 29.8 Å². The summed E-state index contributed by atoms with van der Waals surface area (Å²) in [6.07, 6.45) is 2.00. The largest absolute Gasteiger partial charge is 0.381 e. The molecule has 26 heavy (non-hydrogen) atoms. The molecule has 1 aromatic heterocycles. The van der Waals surface area contributed by atoms with Crippen LogP contribution in [0, 0.1) is 26.7 Å². The second-order valence-electron chi connectivity index (χ2n) is 7.41. The average molecular weight is 352 g/mol. The molecule has 0 N–H and O–H groups in total. The van der Waals surface area contributed by atoms with Crippen LogP contribution in [0.2, 0.25) is 0 Å². The molecular formula is C22H28N2O2. The minimum absolute atomic E-state index is 0.0994. The molecule has 2 heterocycles. The quantitative estimate of drug-likeness (QED) is 0.842. The number of benzene rings is 1. The third-order valence-electron chi connectivity index (χ3n) is 5.16. The second-order valence-corrected chi connectivity index (χ2v) is 7.41. The van der Waals surface area contributed by atoms with Gasteiger partial charge < -0.3 is 9.64 Å². The Morgan fingerprint density at radius 2 is 1.92 bits per heavy atom. The molecule has 1 amide bonds. The van der Waals surface area contributed by atoms with Gasteiger partial charge in [-0.05, 0) is 51.3 Å². The molecule has 1 fully saturated rings. The molecule has 138 valence electrons. The fourth-order valence-corrected chi connectivity index (χ4v) is 3.98. The van der Waals surface area contributed by atoms with E-state index in [1.165, 1.54) is 11.1 Å². The molecule has 0 spiro atoms. The van der Waals surface area contributed by atoms with E-state index < -0.39 is 0 Å². The highest BCUT2D eigenvalue weighted by Crippen LogP contribution is 2.25. The van der Waals surface area contributed by atoms with Crippen LogP contribution in [-0.4, -0.2) is 42.1 Å². The van der Waals surface area contributed by atoms with Gasteiger partial charge in [0, 0.05) is 43.1 Å². The Morgan fingerprint density at radius 3 is 2.58 bits per heavy atom. The highest BCUT2D eigenvalue weighted by Gasteiger charge is 2.32. The maximum atomic E-state index is 13.0. The summed E-state index contributed by atoms with van der Waals surface area (Å²) in [5.41, 5.74) is 5.08. The highest BCUT2D eigenvalue weighted by atomic mass is 16.5. The summed E-state index contributed by atoms with van der Waals surface area (Å²) >= 11 is 0. The fraction of sp³-hybridized carbons (Fsp3) is 0.455. The van der Waals surface area contributed by atoms with E-state index >= 15 is 0 Å². The number of piperidine rings is 1. The molecule has 2 atom stereocenters. The minimum atomic E-state index is 0.0994. The zero-order chi connectivity index (χ0) is 18.7. The van der Waals surface area contributed by atoms with E-state index in [9.17, 15) is 4.79 Å². The SMILES string of the molecule is CO[C@@H]1CCN(C(=O)c2cc(C)nc(C)c2)C[C@H]1Cc1cccc(C)c1. The maximum Gasteiger partial charge on any atom is 0.253 e. The van der Waals surface area contributed by atoms with Gasteiger partial charge in [-0.25, -0.2) is 0 Å². The van der Waals surface area contributed by atoms with Crippen molar-refractivity contribution in [1.29, 1.82) is 0 Å². The first-order valence-electron chi connectivity index (χ1n) is 9.29. The standard InChI is InChI=1S/C22H28N2O2/c1-15-6-5-7-18(10-15)13-20-14-24(9-8-21(20)26-4)22(25)19-11-16(2)23-17(3)12-19/h5-7,10-12,20-21H,8-9,13-14H2,1-4H3/t20-,21-/m1/s1. The molecule has 3 rings (SSSR count). The molecule has 4 nitrogen and oxygen atoms in total. The smallest absolute Gasteiger partial charge is 0.253 e. The minimum Gasteiger partial charge on any atom is -0.381 e. The second kappa shape index (κ2) is 8.00. The topological polar surface area (TPSA) is 42.4 Å². The number of rotatable bonds is 4. The lowest BCUT2D eigenvalue weighted by Gasteiger charge is -2.38. The molecule has 1 aliphatic rings. The third kappa shape index (κ3) is 4.31. The Bertz CT molecular complexity index is 767. The lowest BCUT2D eigenvalue weighted by Crippen LogP contribution is -2.47. The Hall–Kier alpha value is -2.20. The molecule has 2 aromatic rings. The van der Waals surface area contributed by atoms with Crippen molar-refractivity contribution in [1.82, 2.24) is 9.88 Å². The van der Waals surface area contributed by atoms with Crippen LogP contribution < -0.4 is 0 Å². The molecule has 0 unspecified atom stereocenters. The van der Waals surface area contributed by atoms with Crippen LogP contribution in [0.15, 0.2) is 36.4 Å². The van der Waals surface area contributed by atoms with Crippen molar-refractivity contribution in [3.05, 3.63) is 64.5 Å². The van der Waals surface area contributed by atoms with E-state index in [0.29, 0.717) is 5.92 Å². The summed E-state index contributed by atoms with van der Waals surface area (Å²) in [4.78, 5) is 19.4. The molecule has 1 saturated heterocycles. The van der Waals surface area contributed by atoms with Gasteiger partial charge in [-0.2, -0.15) is 0 Å². The van der Waals surface area contributed by atoms with Crippen molar-refractivity contribution >= 4 is 5.91 Å². The molecule has 0 aliphatic carbocycles. The van der Waals surface area contributed by atoms with Crippen molar-refractivity contribution in [2.75, 3.05) is 20.2 Å². The lowest BCUT2D eigenvalue weighted by atomic mass is 9.88. The van der Waals surface area contributed by atoms with Crippen LogP contribution in [0.4, 0.5) is 0 Å². The van der Waals surface area contributed by atoms with Crippen LogP contribution >= 0.6 is 0 Å². The summed E-state index contributed by atoms with van der Waals surface area (Å²) in [6.45, 7) is 7.44. The Kier molecular flexibility index (Phi) is 5.72. The summed E-state index contributed by atoms with van der Waals surface area (Å²) in [5, 5.41) is 0. The van der Waals surface area contributed by atoms with Crippen molar-refractivity contribution in [2.24, 2.45) is 5.92 Å². The number of methoxy groups -OCH3 is 1. The number of aryl methyl sites for hydroxylation is 3. The normalized spacial score (nSPS) is 20.2. The van der Waals surface area contributed by atoms with Gasteiger partial charge in [0.15, 0.2) is 0 Å². The first kappa shape index (κ1) is 18.6. The monoisotopic (exact) mass is 352 g/mol. The number of nitrogens with zero attached hydrogens (tertiary/aromatic N) is 2. The number of amides is 1. The Balaban J connectivity index is 1.76. The van der Waals surface area contributed by atoms with E-state index in [0.717, 1.165) is 42.9 Å². The number of likely N-dealkylation sites (tertiary alicyclic amines) is 1. The number of aromatic nitrogens is 1. The lowest BCUT2D eigenvalue weighted by molar-refractivity contribution is -0.00300. The van der Waals surface area contributed by atoms with E-state index in [4.69, 9.17) is 4.74 Å². The van der Waals surface area contributed by atoms with Gasteiger partial charge in [-0.15, -0.1) is 0 Å². The van der Waals surface area contributed by atoms with Crippen molar-refractivity contribution < 1.29 is 9.53 Å². The summed E-state index contributed by atoms with van der Waals surface area (Å²) < 4.78 is 5.73. The van der Waals surface area contributed by atoms with Crippen molar-refractivity contribution in [3.8, 4) is 0 Å². The molecule has 0 saturated carbocycles. The van der Waals surface area contributed by atoms with E-state index in [2.05, 4.69) is 36.2 Å². The van der Waals surface area contributed by atoms with Gasteiger partial charge in [-0.3, -0.25) is 9.78 Å². The maximum absolute atomic E-state index is 13.0. The number of pyridine rings is 1. The zero-order valence-electron chi connectivity index (χ0n) is 16.2. The number of hydrogen-bond acceptors (Lipinski definition) is 3.